The summed E-state index contributed by atoms with van der Waals surface area (Å²) in [6.45, 7) is 4.90. The lowest BCUT2D eigenvalue weighted by Gasteiger charge is -2.22. The van der Waals surface area contributed by atoms with Crippen molar-refractivity contribution in [2.45, 2.75) is 13.0 Å². The molecule has 1 saturated heterocycles. The van der Waals surface area contributed by atoms with Crippen molar-refractivity contribution in [2.75, 3.05) is 26.3 Å². The highest BCUT2D eigenvalue weighted by Crippen LogP contribution is 2.33. The average molecular weight is 262 g/mol. The highest BCUT2D eigenvalue weighted by molar-refractivity contribution is 5.98. The van der Waals surface area contributed by atoms with E-state index in [2.05, 4.69) is 17.6 Å². The first-order valence-corrected chi connectivity index (χ1v) is 6.66. The summed E-state index contributed by atoms with van der Waals surface area (Å²) in [6.07, 6.45) is 0. The number of hydrogen-bond acceptors (Lipinski definition) is 4. The summed E-state index contributed by atoms with van der Waals surface area (Å²) >= 11 is 0. The molecular weight excluding hydrogens is 244 g/mol. The number of para-hydroxylation sites is 1. The fourth-order valence-electron chi connectivity index (χ4n) is 2.50. The molecular formula is C14H18N2O3. The van der Waals surface area contributed by atoms with Crippen LogP contribution in [0.5, 0.6) is 11.5 Å². The normalized spacial score (nSPS) is 25.1. The highest BCUT2D eigenvalue weighted by Gasteiger charge is 2.27. The summed E-state index contributed by atoms with van der Waals surface area (Å²) in [4.78, 5) is 12.3. The number of fused-ring (bicyclic) bond motifs is 1. The molecule has 102 valence electrons. The van der Waals surface area contributed by atoms with Gasteiger partial charge in [-0.15, -0.1) is 0 Å². The van der Waals surface area contributed by atoms with Gasteiger partial charge in [0.2, 0.25) is 0 Å². The summed E-state index contributed by atoms with van der Waals surface area (Å²) < 4.78 is 11.1. The second-order valence-corrected chi connectivity index (χ2v) is 5.05. The lowest BCUT2D eigenvalue weighted by Crippen LogP contribution is -2.39. The van der Waals surface area contributed by atoms with Gasteiger partial charge >= 0.3 is 0 Å². The molecule has 2 aliphatic rings. The molecule has 0 bridgehead atoms. The Morgan fingerprint density at radius 1 is 1.32 bits per heavy atom. The third kappa shape index (κ3) is 2.38. The zero-order valence-electron chi connectivity index (χ0n) is 10.9. The predicted molar refractivity (Wildman–Crippen MR) is 70.7 cm³/mol. The number of carbonyl (C=O) groups excluding carboxylic acids is 1. The lowest BCUT2D eigenvalue weighted by molar-refractivity contribution is 0.0922. The zero-order chi connectivity index (χ0) is 13.2. The molecule has 2 aliphatic heterocycles. The molecule has 5 heteroatoms. The van der Waals surface area contributed by atoms with Crippen molar-refractivity contribution in [3.05, 3.63) is 23.8 Å². The number of amides is 1. The molecule has 0 radical (unpaired) electrons. The van der Waals surface area contributed by atoms with Crippen LogP contribution in [0.4, 0.5) is 0 Å². The third-order valence-corrected chi connectivity index (χ3v) is 3.64. The molecule has 2 atom stereocenters. The van der Waals surface area contributed by atoms with Crippen molar-refractivity contribution in [1.29, 1.82) is 0 Å². The third-order valence-electron chi connectivity index (χ3n) is 3.64. The number of nitrogens with one attached hydrogen (secondary N) is 2. The average Bonchev–Trinajstić information content (AvgIpc) is 2.83. The molecule has 0 aromatic heterocycles. The smallest absolute Gasteiger partial charge is 0.255 e. The number of benzene rings is 1. The van der Waals surface area contributed by atoms with Crippen LogP contribution < -0.4 is 20.1 Å². The molecule has 3 rings (SSSR count). The molecule has 1 aromatic carbocycles. The van der Waals surface area contributed by atoms with Crippen LogP contribution >= 0.6 is 0 Å². The van der Waals surface area contributed by atoms with Gasteiger partial charge in [-0.1, -0.05) is 13.0 Å². The monoisotopic (exact) mass is 262 g/mol. The summed E-state index contributed by atoms with van der Waals surface area (Å²) in [7, 11) is 0. The minimum atomic E-state index is -0.0945. The summed E-state index contributed by atoms with van der Waals surface area (Å²) in [5, 5.41) is 6.33. The fourth-order valence-corrected chi connectivity index (χ4v) is 2.50. The van der Waals surface area contributed by atoms with E-state index < -0.39 is 0 Å². The van der Waals surface area contributed by atoms with Crippen molar-refractivity contribution in [3.8, 4) is 11.5 Å². The Morgan fingerprint density at radius 2 is 2.16 bits per heavy atom. The van der Waals surface area contributed by atoms with Gasteiger partial charge in [-0.25, -0.2) is 0 Å². The Balaban J connectivity index is 1.80. The van der Waals surface area contributed by atoms with Crippen molar-refractivity contribution in [1.82, 2.24) is 10.6 Å². The SMILES string of the molecule is CC1CNCC1NC(=O)c1cccc2c1OCCO2. The molecule has 2 N–H and O–H groups in total. The first-order valence-electron chi connectivity index (χ1n) is 6.66. The first-order chi connectivity index (χ1) is 9.25. The fraction of sp³-hybridized carbons (Fsp3) is 0.500. The minimum absolute atomic E-state index is 0.0945. The van der Waals surface area contributed by atoms with Gasteiger partial charge < -0.3 is 20.1 Å². The van der Waals surface area contributed by atoms with E-state index in [4.69, 9.17) is 9.47 Å². The standard InChI is InChI=1S/C14H18N2O3/c1-9-7-15-8-11(9)16-14(17)10-3-2-4-12-13(10)19-6-5-18-12/h2-4,9,11,15H,5-8H2,1H3,(H,16,17). The molecule has 1 aromatic rings. The molecule has 0 saturated carbocycles. The molecule has 2 unspecified atom stereocenters. The number of rotatable bonds is 2. The second kappa shape index (κ2) is 5.09. The molecule has 0 aliphatic carbocycles. The topological polar surface area (TPSA) is 59.6 Å². The van der Waals surface area contributed by atoms with E-state index in [-0.39, 0.29) is 11.9 Å². The van der Waals surface area contributed by atoms with E-state index >= 15 is 0 Å². The van der Waals surface area contributed by atoms with E-state index in [0.717, 1.165) is 13.1 Å². The van der Waals surface area contributed by atoms with Gasteiger partial charge in [0.15, 0.2) is 11.5 Å². The number of hydrogen-bond donors (Lipinski definition) is 2. The van der Waals surface area contributed by atoms with E-state index in [1.165, 1.54) is 0 Å². The van der Waals surface area contributed by atoms with Gasteiger partial charge in [-0.05, 0) is 24.6 Å². The number of ether oxygens (including phenoxy) is 2. The van der Waals surface area contributed by atoms with E-state index in [9.17, 15) is 4.79 Å². The van der Waals surface area contributed by atoms with Crippen LogP contribution in [0.3, 0.4) is 0 Å². The second-order valence-electron chi connectivity index (χ2n) is 5.05. The van der Waals surface area contributed by atoms with Gasteiger partial charge in [0.05, 0.1) is 5.56 Å². The summed E-state index contributed by atoms with van der Waals surface area (Å²) in [6, 6.07) is 5.59. The van der Waals surface area contributed by atoms with Gasteiger partial charge in [-0.3, -0.25) is 4.79 Å². The van der Waals surface area contributed by atoms with Gasteiger partial charge in [0.25, 0.3) is 5.91 Å². The molecule has 0 spiro atoms. The minimum Gasteiger partial charge on any atom is -0.486 e. The van der Waals surface area contributed by atoms with Crippen LogP contribution in [0.1, 0.15) is 17.3 Å². The molecule has 19 heavy (non-hydrogen) atoms. The van der Waals surface area contributed by atoms with Gasteiger partial charge in [-0.2, -0.15) is 0 Å². The van der Waals surface area contributed by atoms with E-state index in [1.54, 1.807) is 6.07 Å². The molecule has 1 fully saturated rings. The Kier molecular flexibility index (Phi) is 3.29. The molecule has 1 amide bonds. The summed E-state index contributed by atoms with van der Waals surface area (Å²) in [5.41, 5.74) is 0.552. The number of carbonyl (C=O) groups is 1. The first kappa shape index (κ1) is 12.3. The lowest BCUT2D eigenvalue weighted by atomic mass is 10.1. The van der Waals surface area contributed by atoms with Crippen molar-refractivity contribution in [3.63, 3.8) is 0 Å². The van der Waals surface area contributed by atoms with Crippen molar-refractivity contribution < 1.29 is 14.3 Å². The Labute approximate surface area is 112 Å². The quantitative estimate of drug-likeness (QED) is 0.827. The van der Waals surface area contributed by atoms with Crippen molar-refractivity contribution >= 4 is 5.91 Å². The van der Waals surface area contributed by atoms with Crippen LogP contribution in [-0.2, 0) is 0 Å². The van der Waals surface area contributed by atoms with Gasteiger partial charge in [0.1, 0.15) is 13.2 Å². The maximum Gasteiger partial charge on any atom is 0.255 e. The van der Waals surface area contributed by atoms with Gasteiger partial charge in [0, 0.05) is 12.6 Å². The van der Waals surface area contributed by atoms with Crippen LogP contribution in [0.15, 0.2) is 18.2 Å². The summed E-state index contributed by atoms with van der Waals surface area (Å²) in [5.74, 6) is 1.56. The zero-order valence-corrected chi connectivity index (χ0v) is 10.9. The van der Waals surface area contributed by atoms with Crippen molar-refractivity contribution in [2.24, 2.45) is 5.92 Å². The molecule has 2 heterocycles. The largest absolute Gasteiger partial charge is 0.486 e. The van der Waals surface area contributed by atoms with Crippen LogP contribution in [0.25, 0.3) is 0 Å². The molecule has 5 nitrogen and oxygen atoms in total. The predicted octanol–water partition coefficient (Wildman–Crippen LogP) is 0.795. The van der Waals surface area contributed by atoms with E-state index in [0.29, 0.717) is 36.2 Å². The van der Waals surface area contributed by atoms with E-state index in [1.807, 2.05) is 12.1 Å². The highest BCUT2D eigenvalue weighted by atomic mass is 16.6. The Morgan fingerprint density at radius 3 is 2.95 bits per heavy atom. The van der Waals surface area contributed by atoms with Crippen LogP contribution in [-0.4, -0.2) is 38.3 Å². The maximum atomic E-state index is 12.3. The Bertz CT molecular complexity index is 490. The Hall–Kier alpha value is -1.75. The van der Waals surface area contributed by atoms with Crippen LogP contribution in [0.2, 0.25) is 0 Å². The maximum absolute atomic E-state index is 12.3. The van der Waals surface area contributed by atoms with Crippen LogP contribution in [0, 0.1) is 5.92 Å².